The molecular formula is C12H11ClN2O3. The number of hydrogen-bond donors (Lipinski definition) is 0. The first kappa shape index (κ1) is 12.6. The van der Waals surface area contributed by atoms with Gasteiger partial charge in [0.25, 0.3) is 0 Å². The van der Waals surface area contributed by atoms with Crippen molar-refractivity contribution in [2.45, 2.75) is 13.3 Å². The van der Waals surface area contributed by atoms with Gasteiger partial charge < -0.3 is 0 Å². The fourth-order valence-corrected chi connectivity index (χ4v) is 2.03. The molecule has 0 aliphatic carbocycles. The van der Waals surface area contributed by atoms with Gasteiger partial charge in [0.1, 0.15) is 0 Å². The summed E-state index contributed by atoms with van der Waals surface area (Å²) in [6.07, 6.45) is 0.108. The Balaban J connectivity index is 2.41. The molecule has 0 atom stereocenters. The van der Waals surface area contributed by atoms with Crippen molar-refractivity contribution in [3.63, 3.8) is 0 Å². The molecule has 0 aromatic heterocycles. The summed E-state index contributed by atoms with van der Waals surface area (Å²) >= 11 is 5.97. The van der Waals surface area contributed by atoms with E-state index in [1.165, 1.54) is 6.92 Å². The van der Waals surface area contributed by atoms with E-state index >= 15 is 0 Å². The summed E-state index contributed by atoms with van der Waals surface area (Å²) in [5.74, 6) is -0.741. The van der Waals surface area contributed by atoms with Crippen LogP contribution in [0.2, 0.25) is 5.02 Å². The second kappa shape index (κ2) is 4.78. The topological polar surface area (TPSA) is 57.7 Å². The minimum atomic E-state index is -0.646. The third-order valence-corrected chi connectivity index (χ3v) is 3.01. The minimum Gasteiger partial charge on any atom is -0.275 e. The summed E-state index contributed by atoms with van der Waals surface area (Å²) in [5, 5.41) is 0.296. The number of anilines is 1. The van der Waals surface area contributed by atoms with Gasteiger partial charge in [-0.25, -0.2) is 9.69 Å². The van der Waals surface area contributed by atoms with Gasteiger partial charge in [-0.3, -0.25) is 14.5 Å². The highest BCUT2D eigenvalue weighted by atomic mass is 35.5. The second-order valence-corrected chi connectivity index (χ2v) is 4.29. The summed E-state index contributed by atoms with van der Waals surface area (Å²) in [6.45, 7) is 1.41. The van der Waals surface area contributed by atoms with Crippen LogP contribution in [0, 0.1) is 0 Å². The number of benzene rings is 1. The van der Waals surface area contributed by atoms with Crippen LogP contribution >= 0.6 is 11.6 Å². The minimum absolute atomic E-state index is 0.108. The smallest absolute Gasteiger partial charge is 0.275 e. The molecule has 0 spiro atoms. The zero-order valence-corrected chi connectivity index (χ0v) is 10.5. The lowest BCUT2D eigenvalue weighted by Crippen LogP contribution is -2.54. The Kier molecular flexibility index (Phi) is 3.34. The van der Waals surface area contributed by atoms with Gasteiger partial charge in [-0.15, -0.1) is 0 Å². The van der Waals surface area contributed by atoms with Crippen molar-refractivity contribution in [3.8, 4) is 0 Å². The van der Waals surface area contributed by atoms with Gasteiger partial charge in [0.2, 0.25) is 11.8 Å². The lowest BCUT2D eigenvalue weighted by Gasteiger charge is -2.32. The number of para-hydroxylation sites is 1. The summed E-state index contributed by atoms with van der Waals surface area (Å²) < 4.78 is 0. The van der Waals surface area contributed by atoms with Crippen molar-refractivity contribution in [2.75, 3.05) is 11.4 Å². The first-order chi connectivity index (χ1) is 8.52. The highest BCUT2D eigenvalue weighted by molar-refractivity contribution is 6.35. The third kappa shape index (κ3) is 2.09. The van der Waals surface area contributed by atoms with Gasteiger partial charge >= 0.3 is 6.03 Å². The van der Waals surface area contributed by atoms with Crippen molar-refractivity contribution in [1.29, 1.82) is 0 Å². The van der Waals surface area contributed by atoms with Crippen LogP contribution in [0.5, 0.6) is 0 Å². The molecular weight excluding hydrogens is 256 g/mol. The van der Waals surface area contributed by atoms with Gasteiger partial charge in [-0.05, 0) is 12.1 Å². The number of hydrogen-bond acceptors (Lipinski definition) is 3. The quantitative estimate of drug-likeness (QED) is 0.782. The van der Waals surface area contributed by atoms with Crippen LogP contribution in [0.1, 0.15) is 13.3 Å². The molecule has 1 aromatic rings. The maximum atomic E-state index is 12.1. The summed E-state index contributed by atoms with van der Waals surface area (Å²) in [4.78, 5) is 37.2. The van der Waals surface area contributed by atoms with E-state index in [0.717, 1.165) is 9.80 Å². The molecule has 1 fully saturated rings. The molecule has 1 aromatic carbocycles. The number of rotatable bonds is 1. The fourth-order valence-electron chi connectivity index (χ4n) is 1.80. The van der Waals surface area contributed by atoms with Crippen LogP contribution in [-0.4, -0.2) is 29.3 Å². The molecule has 1 saturated heterocycles. The Morgan fingerprint density at radius 3 is 2.56 bits per heavy atom. The van der Waals surface area contributed by atoms with Crippen LogP contribution in [0.4, 0.5) is 10.5 Å². The van der Waals surface area contributed by atoms with E-state index in [9.17, 15) is 14.4 Å². The normalized spacial score (nSPS) is 16.1. The van der Waals surface area contributed by atoms with Crippen LogP contribution < -0.4 is 4.90 Å². The Hall–Kier alpha value is -1.88. The number of amides is 4. The van der Waals surface area contributed by atoms with E-state index in [1.54, 1.807) is 24.3 Å². The molecule has 2 rings (SSSR count). The van der Waals surface area contributed by atoms with E-state index in [-0.39, 0.29) is 24.8 Å². The van der Waals surface area contributed by atoms with Gasteiger partial charge in [-0.1, -0.05) is 23.7 Å². The zero-order chi connectivity index (χ0) is 13.3. The largest absolute Gasteiger partial charge is 0.338 e. The maximum Gasteiger partial charge on any atom is 0.338 e. The van der Waals surface area contributed by atoms with E-state index in [1.807, 2.05) is 0 Å². The Morgan fingerprint density at radius 1 is 1.28 bits per heavy atom. The lowest BCUT2D eigenvalue weighted by atomic mass is 10.2. The zero-order valence-electron chi connectivity index (χ0n) is 9.72. The third-order valence-electron chi connectivity index (χ3n) is 2.69. The molecule has 0 saturated carbocycles. The molecule has 4 amide bonds. The molecule has 94 valence electrons. The molecule has 18 heavy (non-hydrogen) atoms. The van der Waals surface area contributed by atoms with Gasteiger partial charge in [-0.2, -0.15) is 0 Å². The van der Waals surface area contributed by atoms with Crippen LogP contribution in [0.15, 0.2) is 24.3 Å². The molecule has 0 bridgehead atoms. The molecule has 0 N–H and O–H groups in total. The van der Waals surface area contributed by atoms with E-state index in [4.69, 9.17) is 11.6 Å². The highest BCUT2D eigenvalue weighted by Crippen LogP contribution is 2.28. The molecule has 1 heterocycles. The van der Waals surface area contributed by atoms with Crippen molar-refractivity contribution >= 4 is 35.1 Å². The molecule has 5 nitrogen and oxygen atoms in total. The Bertz CT molecular complexity index is 530. The number of imide groups is 2. The van der Waals surface area contributed by atoms with Gasteiger partial charge in [0, 0.05) is 19.9 Å². The summed E-state index contributed by atoms with van der Waals surface area (Å²) in [6, 6.07) is 5.89. The predicted octanol–water partition coefficient (Wildman–Crippen LogP) is 2.05. The number of carbonyl (C=O) groups excluding carboxylic acids is 3. The predicted molar refractivity (Wildman–Crippen MR) is 66.3 cm³/mol. The number of urea groups is 1. The van der Waals surface area contributed by atoms with E-state index < -0.39 is 6.03 Å². The lowest BCUT2D eigenvalue weighted by molar-refractivity contribution is -0.128. The van der Waals surface area contributed by atoms with Crippen molar-refractivity contribution in [2.24, 2.45) is 0 Å². The molecule has 0 unspecified atom stereocenters. The van der Waals surface area contributed by atoms with Crippen molar-refractivity contribution in [1.82, 2.24) is 4.90 Å². The Morgan fingerprint density at radius 2 is 1.94 bits per heavy atom. The van der Waals surface area contributed by atoms with Crippen molar-refractivity contribution < 1.29 is 14.4 Å². The SMILES string of the molecule is CC(=O)N1CCC(=O)N(c2ccccc2Cl)C1=O. The number of carbonyl (C=O) groups is 3. The fraction of sp³-hybridized carbons (Fsp3) is 0.250. The average molecular weight is 267 g/mol. The second-order valence-electron chi connectivity index (χ2n) is 3.88. The molecule has 6 heteroatoms. The van der Waals surface area contributed by atoms with E-state index in [2.05, 4.69) is 0 Å². The maximum absolute atomic E-state index is 12.1. The summed E-state index contributed by atoms with van der Waals surface area (Å²) in [7, 11) is 0. The van der Waals surface area contributed by atoms with Crippen molar-refractivity contribution in [3.05, 3.63) is 29.3 Å². The monoisotopic (exact) mass is 266 g/mol. The first-order valence-corrected chi connectivity index (χ1v) is 5.79. The highest BCUT2D eigenvalue weighted by Gasteiger charge is 2.35. The van der Waals surface area contributed by atoms with Crippen LogP contribution in [-0.2, 0) is 9.59 Å². The molecule has 1 aliphatic rings. The van der Waals surface area contributed by atoms with Crippen LogP contribution in [0.3, 0.4) is 0 Å². The van der Waals surface area contributed by atoms with Gasteiger partial charge in [0.05, 0.1) is 10.7 Å². The first-order valence-electron chi connectivity index (χ1n) is 5.42. The van der Waals surface area contributed by atoms with Gasteiger partial charge in [0.15, 0.2) is 0 Å². The Labute approximate surface area is 109 Å². The summed E-state index contributed by atoms with van der Waals surface area (Å²) in [5.41, 5.74) is 0.306. The number of halogens is 1. The number of nitrogens with zero attached hydrogens (tertiary/aromatic N) is 2. The average Bonchev–Trinajstić information content (AvgIpc) is 2.31. The van der Waals surface area contributed by atoms with E-state index in [0.29, 0.717) is 10.7 Å². The van der Waals surface area contributed by atoms with Crippen LogP contribution in [0.25, 0.3) is 0 Å². The molecule has 0 radical (unpaired) electrons. The standard InChI is InChI=1S/C12H11ClN2O3/c1-8(16)14-7-6-11(17)15(12(14)18)10-5-3-2-4-9(10)13/h2-5H,6-7H2,1H3. The molecule has 1 aliphatic heterocycles.